The molecule has 1 saturated heterocycles. The lowest BCUT2D eigenvalue weighted by atomic mass is 9.77. The minimum Gasteiger partial charge on any atom is -0.508 e. The van der Waals surface area contributed by atoms with Crippen LogP contribution in [-0.2, 0) is 11.3 Å². The highest BCUT2D eigenvalue weighted by molar-refractivity contribution is 5.83. The molecule has 1 aliphatic heterocycles. The van der Waals surface area contributed by atoms with Crippen LogP contribution in [0, 0.1) is 5.41 Å². The lowest BCUT2D eigenvalue weighted by Gasteiger charge is -2.38. The van der Waals surface area contributed by atoms with Crippen LogP contribution in [0.2, 0.25) is 0 Å². The number of amides is 1. The molecule has 2 rings (SSSR count). The van der Waals surface area contributed by atoms with Crippen molar-refractivity contribution in [3.63, 3.8) is 0 Å². The molecule has 1 aliphatic rings. The number of nitrogens with one attached hydrogen (secondary N) is 1. The molecule has 4 heteroatoms. The van der Waals surface area contributed by atoms with Gasteiger partial charge in [0.05, 0.1) is 5.41 Å². The first kappa shape index (κ1) is 14.9. The molecule has 2 N–H and O–H groups in total. The standard InChI is InChI=1S/C16H24N2O2/c1-3-16(8-5-9-17-12-16)15(20)18(2)11-13-6-4-7-14(19)10-13/h4,6-7,10,17,19H,3,5,8-9,11-12H2,1-2H3. The smallest absolute Gasteiger partial charge is 0.230 e. The first-order chi connectivity index (χ1) is 9.57. The second kappa shape index (κ2) is 6.27. The van der Waals surface area contributed by atoms with Crippen LogP contribution < -0.4 is 5.32 Å². The van der Waals surface area contributed by atoms with E-state index in [1.807, 2.05) is 13.1 Å². The van der Waals surface area contributed by atoms with Crippen LogP contribution in [0.1, 0.15) is 31.7 Å². The molecule has 0 bridgehead atoms. The van der Waals surface area contributed by atoms with Crippen LogP contribution in [0.3, 0.4) is 0 Å². The van der Waals surface area contributed by atoms with Crippen LogP contribution in [-0.4, -0.2) is 36.1 Å². The maximum atomic E-state index is 12.8. The Morgan fingerprint density at radius 3 is 2.90 bits per heavy atom. The first-order valence-corrected chi connectivity index (χ1v) is 7.31. The molecule has 0 radical (unpaired) electrons. The van der Waals surface area contributed by atoms with E-state index in [-0.39, 0.29) is 17.1 Å². The van der Waals surface area contributed by atoms with Gasteiger partial charge in [-0.25, -0.2) is 0 Å². The molecule has 20 heavy (non-hydrogen) atoms. The van der Waals surface area contributed by atoms with Crippen molar-refractivity contribution in [2.45, 2.75) is 32.7 Å². The zero-order chi connectivity index (χ0) is 14.6. The molecular weight excluding hydrogens is 252 g/mol. The molecule has 1 fully saturated rings. The van der Waals surface area contributed by atoms with E-state index in [9.17, 15) is 9.90 Å². The Morgan fingerprint density at radius 1 is 1.50 bits per heavy atom. The number of benzene rings is 1. The van der Waals surface area contributed by atoms with Crippen molar-refractivity contribution in [2.24, 2.45) is 5.41 Å². The number of rotatable bonds is 4. The number of phenolic OH excluding ortho intramolecular Hbond substituents is 1. The van der Waals surface area contributed by atoms with Gasteiger partial charge in [0.15, 0.2) is 0 Å². The minimum absolute atomic E-state index is 0.204. The van der Waals surface area contributed by atoms with Gasteiger partial charge in [0.1, 0.15) is 5.75 Å². The van der Waals surface area contributed by atoms with Gasteiger partial charge in [-0.05, 0) is 43.5 Å². The molecule has 0 aromatic heterocycles. The van der Waals surface area contributed by atoms with Crippen molar-refractivity contribution in [3.8, 4) is 5.75 Å². The van der Waals surface area contributed by atoms with Crippen LogP contribution in [0.25, 0.3) is 0 Å². The molecular formula is C16H24N2O2. The van der Waals surface area contributed by atoms with E-state index >= 15 is 0 Å². The van der Waals surface area contributed by atoms with Crippen molar-refractivity contribution in [2.75, 3.05) is 20.1 Å². The number of aromatic hydroxyl groups is 1. The lowest BCUT2D eigenvalue weighted by Crippen LogP contribution is -2.50. The third-order valence-electron chi connectivity index (χ3n) is 4.28. The largest absolute Gasteiger partial charge is 0.508 e. The first-order valence-electron chi connectivity index (χ1n) is 7.31. The Kier molecular flexibility index (Phi) is 4.65. The Morgan fingerprint density at radius 2 is 2.30 bits per heavy atom. The number of piperidine rings is 1. The SMILES string of the molecule is CCC1(C(=O)N(C)Cc2cccc(O)c2)CCCNC1. The molecule has 1 aromatic carbocycles. The van der Waals surface area contributed by atoms with Gasteiger partial charge < -0.3 is 15.3 Å². The molecule has 1 amide bonds. The maximum Gasteiger partial charge on any atom is 0.230 e. The summed E-state index contributed by atoms with van der Waals surface area (Å²) in [4.78, 5) is 14.5. The van der Waals surface area contributed by atoms with Crippen molar-refractivity contribution in [3.05, 3.63) is 29.8 Å². The number of nitrogens with zero attached hydrogens (tertiary/aromatic N) is 1. The molecule has 0 spiro atoms. The van der Waals surface area contributed by atoms with Gasteiger partial charge >= 0.3 is 0 Å². The Bertz CT molecular complexity index is 467. The topological polar surface area (TPSA) is 52.6 Å². The van der Waals surface area contributed by atoms with Crippen LogP contribution in [0.5, 0.6) is 5.75 Å². The van der Waals surface area contributed by atoms with E-state index in [0.717, 1.165) is 37.9 Å². The fourth-order valence-electron chi connectivity index (χ4n) is 3.01. The molecule has 110 valence electrons. The second-order valence-corrected chi connectivity index (χ2v) is 5.75. The van der Waals surface area contributed by atoms with Gasteiger partial charge in [-0.2, -0.15) is 0 Å². The molecule has 1 atom stereocenters. The second-order valence-electron chi connectivity index (χ2n) is 5.75. The summed E-state index contributed by atoms with van der Waals surface area (Å²) in [6, 6.07) is 7.09. The van der Waals surface area contributed by atoms with Gasteiger partial charge in [-0.15, -0.1) is 0 Å². The van der Waals surface area contributed by atoms with Gasteiger partial charge in [-0.1, -0.05) is 19.1 Å². The Labute approximate surface area is 120 Å². The average molecular weight is 276 g/mol. The van der Waals surface area contributed by atoms with E-state index in [1.165, 1.54) is 0 Å². The fraction of sp³-hybridized carbons (Fsp3) is 0.562. The molecule has 0 saturated carbocycles. The molecule has 1 heterocycles. The summed E-state index contributed by atoms with van der Waals surface area (Å²) >= 11 is 0. The van der Waals surface area contributed by atoms with Crippen LogP contribution in [0.15, 0.2) is 24.3 Å². The van der Waals surface area contributed by atoms with E-state index < -0.39 is 0 Å². The average Bonchev–Trinajstić information content (AvgIpc) is 2.47. The number of hydrogen-bond donors (Lipinski definition) is 2. The Balaban J connectivity index is 2.07. The van der Waals surface area contributed by atoms with Gasteiger partial charge in [-0.3, -0.25) is 4.79 Å². The van der Waals surface area contributed by atoms with Gasteiger partial charge in [0.25, 0.3) is 0 Å². The summed E-state index contributed by atoms with van der Waals surface area (Å²) < 4.78 is 0. The molecule has 4 nitrogen and oxygen atoms in total. The predicted molar refractivity (Wildman–Crippen MR) is 79.4 cm³/mol. The minimum atomic E-state index is -0.260. The van der Waals surface area contributed by atoms with Gasteiger partial charge in [0.2, 0.25) is 5.91 Å². The summed E-state index contributed by atoms with van der Waals surface area (Å²) in [5.41, 5.74) is 0.694. The van der Waals surface area contributed by atoms with Crippen molar-refractivity contribution < 1.29 is 9.90 Å². The van der Waals surface area contributed by atoms with Crippen LogP contribution >= 0.6 is 0 Å². The highest BCUT2D eigenvalue weighted by Crippen LogP contribution is 2.32. The number of carbonyl (C=O) groups is 1. The molecule has 1 aromatic rings. The highest BCUT2D eigenvalue weighted by Gasteiger charge is 2.39. The molecule has 0 aliphatic carbocycles. The van der Waals surface area contributed by atoms with Crippen molar-refractivity contribution >= 4 is 5.91 Å². The van der Waals surface area contributed by atoms with Gasteiger partial charge in [0, 0.05) is 20.1 Å². The van der Waals surface area contributed by atoms with Crippen molar-refractivity contribution in [1.29, 1.82) is 0 Å². The lowest BCUT2D eigenvalue weighted by molar-refractivity contribution is -0.142. The quantitative estimate of drug-likeness (QED) is 0.886. The highest BCUT2D eigenvalue weighted by atomic mass is 16.3. The zero-order valence-electron chi connectivity index (χ0n) is 12.4. The van der Waals surface area contributed by atoms with E-state index in [4.69, 9.17) is 0 Å². The van der Waals surface area contributed by atoms with Crippen molar-refractivity contribution in [1.82, 2.24) is 10.2 Å². The summed E-state index contributed by atoms with van der Waals surface area (Å²) in [5.74, 6) is 0.448. The number of carbonyl (C=O) groups excluding carboxylic acids is 1. The Hall–Kier alpha value is -1.55. The third kappa shape index (κ3) is 3.12. The summed E-state index contributed by atoms with van der Waals surface area (Å²) in [6.45, 7) is 4.40. The third-order valence-corrected chi connectivity index (χ3v) is 4.28. The van der Waals surface area contributed by atoms with E-state index in [2.05, 4.69) is 12.2 Å². The van der Waals surface area contributed by atoms with E-state index in [1.54, 1.807) is 23.1 Å². The molecule has 1 unspecified atom stereocenters. The maximum absolute atomic E-state index is 12.8. The normalized spacial score (nSPS) is 22.5. The number of phenols is 1. The monoisotopic (exact) mass is 276 g/mol. The summed E-state index contributed by atoms with van der Waals surface area (Å²) in [7, 11) is 1.85. The summed E-state index contributed by atoms with van der Waals surface area (Å²) in [6.07, 6.45) is 2.88. The fourth-order valence-corrected chi connectivity index (χ4v) is 3.01. The van der Waals surface area contributed by atoms with Crippen LogP contribution in [0.4, 0.5) is 0 Å². The zero-order valence-corrected chi connectivity index (χ0v) is 12.4. The predicted octanol–water partition coefficient (Wildman–Crippen LogP) is 2.13. The summed E-state index contributed by atoms with van der Waals surface area (Å²) in [5, 5.41) is 12.8. The van der Waals surface area contributed by atoms with E-state index in [0.29, 0.717) is 6.54 Å². The number of hydrogen-bond acceptors (Lipinski definition) is 3.